The maximum absolute atomic E-state index is 12.3. The van der Waals surface area contributed by atoms with Crippen molar-refractivity contribution >= 4 is 5.91 Å². The number of amides is 1. The minimum absolute atomic E-state index is 0.174. The third-order valence-corrected chi connectivity index (χ3v) is 4.14. The van der Waals surface area contributed by atoms with E-state index in [9.17, 15) is 4.79 Å². The largest absolute Gasteiger partial charge is 0.486 e. The van der Waals surface area contributed by atoms with Gasteiger partial charge in [0.25, 0.3) is 5.91 Å². The zero-order valence-corrected chi connectivity index (χ0v) is 14.2. The third kappa shape index (κ3) is 3.69. The van der Waals surface area contributed by atoms with Crippen molar-refractivity contribution in [2.45, 2.75) is 12.6 Å². The highest BCUT2D eigenvalue weighted by atomic mass is 16.6. The van der Waals surface area contributed by atoms with E-state index in [1.54, 1.807) is 17.1 Å². The number of benzene rings is 2. The number of carbonyl (C=O) groups excluding carboxylic acids is 1. The predicted octanol–water partition coefficient (Wildman–Crippen LogP) is 2.50. The van der Waals surface area contributed by atoms with Crippen molar-refractivity contribution in [2.75, 3.05) is 13.2 Å². The lowest BCUT2D eigenvalue weighted by molar-refractivity contribution is 0.0789. The van der Waals surface area contributed by atoms with E-state index in [1.807, 2.05) is 54.6 Å². The standard InChI is InChI=1S/C20H19N3O3/c24-20(16-10-22-23(13-16)12-15-6-2-1-3-7-15)21-11-17-14-25-18-8-4-5-9-19(18)26-17/h1-10,13,17H,11-12,14H2,(H,21,24)/t17-/m0/s1. The van der Waals surface area contributed by atoms with Crippen LogP contribution in [0.25, 0.3) is 0 Å². The zero-order valence-electron chi connectivity index (χ0n) is 14.2. The molecular formula is C20H19N3O3. The molecule has 3 aromatic rings. The number of ether oxygens (including phenoxy) is 2. The first kappa shape index (κ1) is 16.2. The minimum atomic E-state index is -0.215. The Morgan fingerprint density at radius 3 is 2.73 bits per heavy atom. The summed E-state index contributed by atoms with van der Waals surface area (Å²) < 4.78 is 13.2. The average molecular weight is 349 g/mol. The lowest BCUT2D eigenvalue weighted by atomic mass is 10.2. The maximum Gasteiger partial charge on any atom is 0.254 e. The van der Waals surface area contributed by atoms with Crippen molar-refractivity contribution in [3.05, 3.63) is 78.1 Å². The number of nitrogens with zero attached hydrogens (tertiary/aromatic N) is 2. The van der Waals surface area contributed by atoms with Gasteiger partial charge in [0, 0.05) is 6.20 Å². The molecule has 4 rings (SSSR count). The molecule has 6 heteroatoms. The SMILES string of the molecule is O=C(NC[C@H]1COc2ccccc2O1)c1cnn(Cc2ccccc2)c1. The molecule has 2 heterocycles. The number of rotatable bonds is 5. The van der Waals surface area contributed by atoms with E-state index >= 15 is 0 Å². The van der Waals surface area contributed by atoms with E-state index in [2.05, 4.69) is 10.4 Å². The molecule has 0 aliphatic carbocycles. The second-order valence-electron chi connectivity index (χ2n) is 6.12. The summed E-state index contributed by atoms with van der Waals surface area (Å²) in [5.41, 5.74) is 1.66. The fraction of sp³-hybridized carbons (Fsp3) is 0.200. The second kappa shape index (κ2) is 7.31. The van der Waals surface area contributed by atoms with E-state index < -0.39 is 0 Å². The van der Waals surface area contributed by atoms with E-state index in [-0.39, 0.29) is 12.0 Å². The molecule has 2 aromatic carbocycles. The van der Waals surface area contributed by atoms with Crippen molar-refractivity contribution in [3.63, 3.8) is 0 Å². The molecule has 1 amide bonds. The van der Waals surface area contributed by atoms with Crippen LogP contribution in [0.15, 0.2) is 67.0 Å². The van der Waals surface area contributed by atoms with E-state index in [4.69, 9.17) is 9.47 Å². The molecule has 1 aliphatic rings. The summed E-state index contributed by atoms with van der Waals surface area (Å²) in [5.74, 6) is 1.26. The van der Waals surface area contributed by atoms with E-state index in [0.29, 0.717) is 31.0 Å². The Labute approximate surface area is 151 Å². The van der Waals surface area contributed by atoms with Gasteiger partial charge in [-0.05, 0) is 17.7 Å². The van der Waals surface area contributed by atoms with Crippen LogP contribution >= 0.6 is 0 Å². The molecule has 132 valence electrons. The van der Waals surface area contributed by atoms with Gasteiger partial charge in [0.05, 0.1) is 24.8 Å². The number of para-hydroxylation sites is 2. The van der Waals surface area contributed by atoms with Crippen LogP contribution in [0.3, 0.4) is 0 Å². The van der Waals surface area contributed by atoms with Crippen LogP contribution in [0, 0.1) is 0 Å². The van der Waals surface area contributed by atoms with Crippen molar-refractivity contribution < 1.29 is 14.3 Å². The van der Waals surface area contributed by atoms with E-state index in [0.717, 1.165) is 11.3 Å². The minimum Gasteiger partial charge on any atom is -0.486 e. The van der Waals surface area contributed by atoms with Crippen LogP contribution in [-0.4, -0.2) is 34.9 Å². The van der Waals surface area contributed by atoms with Crippen LogP contribution in [-0.2, 0) is 6.54 Å². The molecule has 0 saturated heterocycles. The van der Waals surface area contributed by atoms with Crippen molar-refractivity contribution in [1.29, 1.82) is 0 Å². The average Bonchev–Trinajstić information content (AvgIpc) is 3.15. The Morgan fingerprint density at radius 2 is 1.88 bits per heavy atom. The van der Waals surface area contributed by atoms with Crippen LogP contribution in [0.1, 0.15) is 15.9 Å². The fourth-order valence-corrected chi connectivity index (χ4v) is 2.81. The molecule has 1 aromatic heterocycles. The Bertz CT molecular complexity index is 892. The lowest BCUT2D eigenvalue weighted by Crippen LogP contribution is -2.40. The fourth-order valence-electron chi connectivity index (χ4n) is 2.81. The molecule has 1 aliphatic heterocycles. The first-order valence-electron chi connectivity index (χ1n) is 8.51. The molecule has 26 heavy (non-hydrogen) atoms. The third-order valence-electron chi connectivity index (χ3n) is 4.14. The normalized spacial score (nSPS) is 15.5. The number of nitrogens with one attached hydrogen (secondary N) is 1. The molecule has 1 atom stereocenters. The molecule has 0 fully saturated rings. The molecular weight excluding hydrogens is 330 g/mol. The molecule has 1 N–H and O–H groups in total. The van der Waals surface area contributed by atoms with Crippen molar-refractivity contribution in [3.8, 4) is 11.5 Å². The van der Waals surface area contributed by atoms with Gasteiger partial charge in [-0.25, -0.2) is 0 Å². The Morgan fingerprint density at radius 1 is 1.12 bits per heavy atom. The molecule has 0 radical (unpaired) electrons. The predicted molar refractivity (Wildman–Crippen MR) is 96.5 cm³/mol. The van der Waals surface area contributed by atoms with Gasteiger partial charge in [-0.1, -0.05) is 42.5 Å². The van der Waals surface area contributed by atoms with Crippen molar-refractivity contribution in [2.24, 2.45) is 0 Å². The summed E-state index contributed by atoms with van der Waals surface area (Å²) in [4.78, 5) is 12.3. The monoisotopic (exact) mass is 349 g/mol. The van der Waals surface area contributed by atoms with Gasteiger partial charge in [0.2, 0.25) is 0 Å². The number of hydrogen-bond donors (Lipinski definition) is 1. The highest BCUT2D eigenvalue weighted by molar-refractivity contribution is 5.93. The summed E-state index contributed by atoms with van der Waals surface area (Å²) in [7, 11) is 0. The van der Waals surface area contributed by atoms with Crippen molar-refractivity contribution in [1.82, 2.24) is 15.1 Å². The number of aromatic nitrogens is 2. The quantitative estimate of drug-likeness (QED) is 0.769. The van der Waals surface area contributed by atoms with Crippen LogP contribution in [0.4, 0.5) is 0 Å². The summed E-state index contributed by atoms with van der Waals surface area (Å²) in [6, 6.07) is 17.5. The van der Waals surface area contributed by atoms with Gasteiger partial charge in [0.1, 0.15) is 12.7 Å². The van der Waals surface area contributed by atoms with Gasteiger partial charge >= 0.3 is 0 Å². The highest BCUT2D eigenvalue weighted by Crippen LogP contribution is 2.30. The number of carbonyl (C=O) groups is 1. The highest BCUT2D eigenvalue weighted by Gasteiger charge is 2.21. The summed E-state index contributed by atoms with van der Waals surface area (Å²) in [5, 5.41) is 7.14. The maximum atomic E-state index is 12.3. The lowest BCUT2D eigenvalue weighted by Gasteiger charge is -2.26. The summed E-state index contributed by atoms with van der Waals surface area (Å²) >= 11 is 0. The number of fused-ring (bicyclic) bond motifs is 1. The summed E-state index contributed by atoms with van der Waals surface area (Å²) in [6.45, 7) is 1.41. The number of hydrogen-bond acceptors (Lipinski definition) is 4. The smallest absolute Gasteiger partial charge is 0.254 e. The van der Waals surface area contributed by atoms with Gasteiger partial charge < -0.3 is 14.8 Å². The zero-order chi connectivity index (χ0) is 17.8. The molecule has 0 unspecified atom stereocenters. The van der Waals surface area contributed by atoms with Gasteiger partial charge in [-0.3, -0.25) is 9.48 Å². The van der Waals surface area contributed by atoms with E-state index in [1.165, 1.54) is 0 Å². The molecule has 6 nitrogen and oxygen atoms in total. The topological polar surface area (TPSA) is 65.4 Å². The summed E-state index contributed by atoms with van der Waals surface area (Å²) in [6.07, 6.45) is 3.11. The van der Waals surface area contributed by atoms with Gasteiger partial charge in [-0.2, -0.15) is 5.10 Å². The van der Waals surface area contributed by atoms with Gasteiger partial charge in [-0.15, -0.1) is 0 Å². The second-order valence-corrected chi connectivity index (χ2v) is 6.12. The Hall–Kier alpha value is -3.28. The molecule has 0 spiro atoms. The Balaban J connectivity index is 1.32. The molecule has 0 bridgehead atoms. The first-order chi connectivity index (χ1) is 12.8. The molecule has 0 saturated carbocycles. The van der Waals surface area contributed by atoms with Crippen LogP contribution < -0.4 is 14.8 Å². The van der Waals surface area contributed by atoms with Crippen LogP contribution in [0.5, 0.6) is 11.5 Å². The first-order valence-corrected chi connectivity index (χ1v) is 8.51. The Kier molecular flexibility index (Phi) is 4.55. The van der Waals surface area contributed by atoms with Crippen LogP contribution in [0.2, 0.25) is 0 Å². The van der Waals surface area contributed by atoms with Gasteiger partial charge in [0.15, 0.2) is 11.5 Å².